The molecule has 96 valence electrons. The first-order valence-electron chi connectivity index (χ1n) is 5.93. The number of ether oxygens (including phenoxy) is 1. The zero-order chi connectivity index (χ0) is 13.1. The Hall–Kier alpha value is -1.29. The van der Waals surface area contributed by atoms with E-state index in [1.165, 1.54) is 11.1 Å². The fourth-order valence-corrected chi connectivity index (χ4v) is 2.12. The normalized spacial score (nSPS) is 10.7. The van der Waals surface area contributed by atoms with E-state index < -0.39 is 0 Å². The average Bonchev–Trinajstić information content (AvgIpc) is 2.72. The van der Waals surface area contributed by atoms with E-state index >= 15 is 0 Å². The fourth-order valence-electron chi connectivity index (χ4n) is 1.89. The molecule has 3 nitrogen and oxygen atoms in total. The predicted molar refractivity (Wildman–Crippen MR) is 76.0 cm³/mol. The van der Waals surface area contributed by atoms with Crippen LogP contribution in [0.15, 0.2) is 29.0 Å². The van der Waals surface area contributed by atoms with Crippen LogP contribution in [0.3, 0.4) is 0 Å². The first-order valence-corrected chi connectivity index (χ1v) is 6.73. The molecule has 0 spiro atoms. The van der Waals surface area contributed by atoms with Crippen molar-refractivity contribution < 1.29 is 4.74 Å². The third-order valence-electron chi connectivity index (χ3n) is 2.93. The van der Waals surface area contributed by atoms with Crippen LogP contribution < -0.4 is 4.74 Å². The number of imidazole rings is 1. The number of nitrogens with zero attached hydrogens (tertiary/aromatic N) is 2. The van der Waals surface area contributed by atoms with Crippen molar-refractivity contribution in [3.63, 3.8) is 0 Å². The fraction of sp³-hybridized carbons (Fsp3) is 0.357. The summed E-state index contributed by atoms with van der Waals surface area (Å²) in [5.74, 6) is 1.96. The van der Waals surface area contributed by atoms with E-state index in [-0.39, 0.29) is 0 Å². The van der Waals surface area contributed by atoms with Gasteiger partial charge in [0, 0.05) is 30.3 Å². The molecule has 0 fully saturated rings. The molecule has 0 N–H and O–H groups in total. The van der Waals surface area contributed by atoms with Crippen molar-refractivity contribution in [1.82, 2.24) is 9.55 Å². The van der Waals surface area contributed by atoms with Crippen LogP contribution >= 0.6 is 15.9 Å². The summed E-state index contributed by atoms with van der Waals surface area (Å²) in [6.07, 6.45) is 4.57. The Morgan fingerprint density at radius 2 is 1.94 bits per heavy atom. The summed E-state index contributed by atoms with van der Waals surface area (Å²) in [5.41, 5.74) is 2.39. The summed E-state index contributed by atoms with van der Waals surface area (Å²) in [4.78, 5) is 4.27. The zero-order valence-corrected chi connectivity index (χ0v) is 12.5. The van der Waals surface area contributed by atoms with Gasteiger partial charge in [-0.15, -0.1) is 0 Å². The molecule has 0 saturated heterocycles. The van der Waals surface area contributed by atoms with Crippen LogP contribution in [0, 0.1) is 13.8 Å². The maximum Gasteiger partial charge on any atom is 0.119 e. The Balaban J connectivity index is 1.97. The third-order valence-corrected chi connectivity index (χ3v) is 4.18. The lowest BCUT2D eigenvalue weighted by Gasteiger charge is -2.10. The van der Waals surface area contributed by atoms with Gasteiger partial charge >= 0.3 is 0 Å². The highest BCUT2D eigenvalue weighted by Gasteiger charge is 2.04. The Bertz CT molecular complexity index is 525. The summed E-state index contributed by atoms with van der Waals surface area (Å²) in [7, 11) is 2.00. The van der Waals surface area contributed by atoms with Crippen molar-refractivity contribution in [2.45, 2.75) is 20.3 Å². The van der Waals surface area contributed by atoms with Gasteiger partial charge in [0.15, 0.2) is 0 Å². The molecule has 0 saturated carbocycles. The number of rotatable bonds is 4. The van der Waals surface area contributed by atoms with E-state index in [1.54, 1.807) is 0 Å². The topological polar surface area (TPSA) is 27.1 Å². The summed E-state index contributed by atoms with van der Waals surface area (Å²) < 4.78 is 8.94. The van der Waals surface area contributed by atoms with Gasteiger partial charge in [-0.2, -0.15) is 0 Å². The van der Waals surface area contributed by atoms with E-state index in [9.17, 15) is 0 Å². The van der Waals surface area contributed by atoms with Crippen LogP contribution in [0.4, 0.5) is 0 Å². The number of aryl methyl sites for hydroxylation is 3. The number of benzene rings is 1. The Morgan fingerprint density at radius 1 is 1.28 bits per heavy atom. The first kappa shape index (κ1) is 13.1. The minimum atomic E-state index is 0.644. The molecule has 1 heterocycles. The van der Waals surface area contributed by atoms with Gasteiger partial charge in [0.05, 0.1) is 6.61 Å². The standard InChI is InChI=1S/C14H17BrN2O/c1-10-8-12(9-11(2)14(10)15)18-7-4-13-16-5-6-17(13)3/h5-6,8-9H,4,7H2,1-3H3. The van der Waals surface area contributed by atoms with Crippen LogP contribution in [0.2, 0.25) is 0 Å². The average molecular weight is 309 g/mol. The van der Waals surface area contributed by atoms with Gasteiger partial charge in [0.25, 0.3) is 0 Å². The summed E-state index contributed by atoms with van der Waals surface area (Å²) in [6, 6.07) is 4.10. The van der Waals surface area contributed by atoms with E-state index in [2.05, 4.69) is 46.9 Å². The Labute approximate surface area is 116 Å². The molecule has 0 atom stereocenters. The Morgan fingerprint density at radius 3 is 2.50 bits per heavy atom. The second-order valence-electron chi connectivity index (χ2n) is 4.42. The van der Waals surface area contributed by atoms with Gasteiger partial charge in [0.2, 0.25) is 0 Å². The summed E-state index contributed by atoms with van der Waals surface area (Å²) in [6.45, 7) is 4.79. The van der Waals surface area contributed by atoms with E-state index in [0.717, 1.165) is 22.5 Å². The maximum atomic E-state index is 5.78. The van der Waals surface area contributed by atoms with Gasteiger partial charge in [-0.25, -0.2) is 4.98 Å². The SMILES string of the molecule is Cc1cc(OCCc2nccn2C)cc(C)c1Br. The largest absolute Gasteiger partial charge is 0.493 e. The van der Waals surface area contributed by atoms with Gasteiger partial charge in [0.1, 0.15) is 11.6 Å². The molecule has 0 amide bonds. The van der Waals surface area contributed by atoms with Crippen LogP contribution in [0.25, 0.3) is 0 Å². The van der Waals surface area contributed by atoms with E-state index in [4.69, 9.17) is 4.74 Å². The van der Waals surface area contributed by atoms with Crippen LogP contribution in [0.1, 0.15) is 17.0 Å². The monoisotopic (exact) mass is 308 g/mol. The van der Waals surface area contributed by atoms with Gasteiger partial charge < -0.3 is 9.30 Å². The van der Waals surface area contributed by atoms with Crippen molar-refractivity contribution in [3.8, 4) is 5.75 Å². The molecule has 0 aliphatic heterocycles. The van der Waals surface area contributed by atoms with Crippen molar-refractivity contribution >= 4 is 15.9 Å². The first-order chi connectivity index (χ1) is 8.58. The molecule has 1 aromatic heterocycles. The van der Waals surface area contributed by atoms with Crippen LogP contribution in [-0.2, 0) is 13.5 Å². The molecule has 2 rings (SSSR count). The molecule has 0 unspecified atom stereocenters. The lowest BCUT2D eigenvalue weighted by atomic mass is 10.1. The number of hydrogen-bond donors (Lipinski definition) is 0. The van der Waals surface area contributed by atoms with Gasteiger partial charge in [-0.3, -0.25) is 0 Å². The molecule has 2 aromatic rings. The highest BCUT2D eigenvalue weighted by atomic mass is 79.9. The smallest absolute Gasteiger partial charge is 0.119 e. The van der Waals surface area contributed by atoms with Crippen molar-refractivity contribution in [3.05, 3.63) is 46.0 Å². The van der Waals surface area contributed by atoms with Crippen molar-refractivity contribution in [2.24, 2.45) is 7.05 Å². The predicted octanol–water partition coefficient (Wildman–Crippen LogP) is 3.42. The summed E-state index contributed by atoms with van der Waals surface area (Å²) in [5, 5.41) is 0. The molecule has 1 aromatic carbocycles. The molecule has 4 heteroatoms. The molecule has 0 radical (unpaired) electrons. The number of hydrogen-bond acceptors (Lipinski definition) is 2. The second-order valence-corrected chi connectivity index (χ2v) is 5.22. The Kier molecular flexibility index (Phi) is 4.07. The molecule has 18 heavy (non-hydrogen) atoms. The lowest BCUT2D eigenvalue weighted by Crippen LogP contribution is -2.06. The number of halogens is 1. The minimum Gasteiger partial charge on any atom is -0.493 e. The zero-order valence-electron chi connectivity index (χ0n) is 10.9. The van der Waals surface area contributed by atoms with Crippen molar-refractivity contribution in [2.75, 3.05) is 6.61 Å². The van der Waals surface area contributed by atoms with Crippen LogP contribution in [0.5, 0.6) is 5.75 Å². The highest BCUT2D eigenvalue weighted by molar-refractivity contribution is 9.10. The summed E-state index contributed by atoms with van der Waals surface area (Å²) >= 11 is 3.55. The highest BCUT2D eigenvalue weighted by Crippen LogP contribution is 2.26. The van der Waals surface area contributed by atoms with E-state index in [0.29, 0.717) is 6.61 Å². The lowest BCUT2D eigenvalue weighted by molar-refractivity contribution is 0.317. The van der Waals surface area contributed by atoms with Crippen molar-refractivity contribution in [1.29, 1.82) is 0 Å². The number of aromatic nitrogens is 2. The second kappa shape index (κ2) is 5.57. The molecule has 0 aliphatic carbocycles. The molecule has 0 bridgehead atoms. The third kappa shape index (κ3) is 2.93. The maximum absolute atomic E-state index is 5.78. The van der Waals surface area contributed by atoms with E-state index in [1.807, 2.05) is 24.0 Å². The molecular weight excluding hydrogens is 292 g/mol. The van der Waals surface area contributed by atoms with Gasteiger partial charge in [-0.1, -0.05) is 15.9 Å². The molecular formula is C14H17BrN2O. The van der Waals surface area contributed by atoms with Crippen LogP contribution in [-0.4, -0.2) is 16.2 Å². The minimum absolute atomic E-state index is 0.644. The quantitative estimate of drug-likeness (QED) is 0.865. The molecule has 0 aliphatic rings. The van der Waals surface area contributed by atoms with Gasteiger partial charge in [-0.05, 0) is 37.1 Å².